The lowest BCUT2D eigenvalue weighted by molar-refractivity contribution is 0.111. The molecule has 37 heavy (non-hydrogen) atoms. The van der Waals surface area contributed by atoms with Gasteiger partial charge >= 0.3 is 0 Å². The molecule has 4 aromatic rings. The fourth-order valence-electron chi connectivity index (χ4n) is 3.97. The summed E-state index contributed by atoms with van der Waals surface area (Å²) in [4.78, 5) is 16.1. The Hall–Kier alpha value is -4.59. The van der Waals surface area contributed by atoms with Crippen molar-refractivity contribution in [2.24, 2.45) is 0 Å². The lowest BCUT2D eigenvalue weighted by atomic mass is 10.1. The number of benzene rings is 2. The predicted octanol–water partition coefficient (Wildman–Crippen LogP) is 5.81. The molecule has 2 heterocycles. The summed E-state index contributed by atoms with van der Waals surface area (Å²) in [7, 11) is 3.24. The van der Waals surface area contributed by atoms with Crippen molar-refractivity contribution in [2.75, 3.05) is 14.2 Å². The standard InChI is InChI=1S/C29H29N3O5/c1-19(2)32-29(21(16-31-32)11-10-20-12-13-23(35-3)15-27(20)36-4)28-22(7-6-14-30-28)18-37-26-9-5-8-25(34)24(26)17-33/h5-17,19,34H,18H2,1-4H3/b11-10+. The van der Waals surface area contributed by atoms with Gasteiger partial charge in [-0.25, -0.2) is 0 Å². The van der Waals surface area contributed by atoms with Gasteiger partial charge in [-0.15, -0.1) is 0 Å². The van der Waals surface area contributed by atoms with Crippen LogP contribution in [0, 0.1) is 0 Å². The third-order valence-electron chi connectivity index (χ3n) is 5.86. The molecule has 8 heteroatoms. The monoisotopic (exact) mass is 499 g/mol. The van der Waals surface area contributed by atoms with Crippen molar-refractivity contribution in [1.29, 1.82) is 0 Å². The molecule has 8 nitrogen and oxygen atoms in total. The Kier molecular flexibility index (Phi) is 7.88. The van der Waals surface area contributed by atoms with E-state index in [0.29, 0.717) is 29.2 Å². The summed E-state index contributed by atoms with van der Waals surface area (Å²) in [5, 5.41) is 14.6. The molecule has 0 bridgehead atoms. The van der Waals surface area contributed by atoms with Gasteiger partial charge in [0.25, 0.3) is 0 Å². The minimum atomic E-state index is -0.127. The number of aldehydes is 1. The van der Waals surface area contributed by atoms with Gasteiger partial charge in [-0.1, -0.05) is 24.3 Å². The highest BCUT2D eigenvalue weighted by molar-refractivity contribution is 5.83. The van der Waals surface area contributed by atoms with E-state index in [9.17, 15) is 9.90 Å². The van der Waals surface area contributed by atoms with E-state index >= 15 is 0 Å². The van der Waals surface area contributed by atoms with Crippen molar-refractivity contribution in [3.05, 3.63) is 83.2 Å². The summed E-state index contributed by atoms with van der Waals surface area (Å²) >= 11 is 0. The molecule has 0 aliphatic carbocycles. The second kappa shape index (κ2) is 11.4. The number of nitrogens with zero attached hydrogens (tertiary/aromatic N) is 3. The quantitative estimate of drug-likeness (QED) is 0.275. The van der Waals surface area contributed by atoms with Crippen LogP contribution in [-0.2, 0) is 6.61 Å². The van der Waals surface area contributed by atoms with E-state index < -0.39 is 0 Å². The van der Waals surface area contributed by atoms with Crippen LogP contribution >= 0.6 is 0 Å². The molecule has 0 aliphatic rings. The molecule has 2 aromatic carbocycles. The number of aromatic hydroxyl groups is 1. The van der Waals surface area contributed by atoms with Crippen LogP contribution in [0.4, 0.5) is 0 Å². The molecule has 0 radical (unpaired) electrons. The lowest BCUT2D eigenvalue weighted by Crippen LogP contribution is -2.08. The molecule has 0 fully saturated rings. The summed E-state index contributed by atoms with van der Waals surface area (Å²) in [6.07, 6.45) is 8.05. The average molecular weight is 500 g/mol. The van der Waals surface area contributed by atoms with E-state index in [0.717, 1.165) is 22.4 Å². The minimum absolute atomic E-state index is 0.0798. The van der Waals surface area contributed by atoms with E-state index in [2.05, 4.69) is 23.9 Å². The van der Waals surface area contributed by atoms with Crippen LogP contribution in [0.25, 0.3) is 23.5 Å². The minimum Gasteiger partial charge on any atom is -0.507 e. The SMILES string of the molecule is COc1ccc(/C=C/c2cnn(C(C)C)c2-c2ncccc2COc2cccc(O)c2C=O)c(OC)c1. The van der Waals surface area contributed by atoms with E-state index in [1.165, 1.54) is 6.07 Å². The molecule has 0 aliphatic heterocycles. The van der Waals surface area contributed by atoms with Crippen molar-refractivity contribution >= 4 is 18.4 Å². The smallest absolute Gasteiger partial charge is 0.157 e. The predicted molar refractivity (Wildman–Crippen MR) is 142 cm³/mol. The molecule has 0 atom stereocenters. The molecule has 0 saturated heterocycles. The Morgan fingerprint density at radius 3 is 2.54 bits per heavy atom. The van der Waals surface area contributed by atoms with Crippen molar-refractivity contribution < 1.29 is 24.1 Å². The fourth-order valence-corrected chi connectivity index (χ4v) is 3.97. The highest BCUT2D eigenvalue weighted by Gasteiger charge is 2.19. The van der Waals surface area contributed by atoms with Crippen molar-refractivity contribution in [1.82, 2.24) is 14.8 Å². The van der Waals surface area contributed by atoms with Gasteiger partial charge in [-0.05, 0) is 44.2 Å². The Morgan fingerprint density at radius 1 is 1.00 bits per heavy atom. The first-order valence-electron chi connectivity index (χ1n) is 11.8. The van der Waals surface area contributed by atoms with E-state index in [1.807, 2.05) is 47.2 Å². The Morgan fingerprint density at radius 2 is 1.81 bits per heavy atom. The van der Waals surface area contributed by atoms with Crippen LogP contribution < -0.4 is 14.2 Å². The summed E-state index contributed by atoms with van der Waals surface area (Å²) in [5.74, 6) is 1.58. The maximum Gasteiger partial charge on any atom is 0.157 e. The number of phenols is 1. The Bertz CT molecular complexity index is 1430. The topological polar surface area (TPSA) is 95.7 Å². The zero-order valence-corrected chi connectivity index (χ0v) is 21.2. The molecule has 1 N–H and O–H groups in total. The molecule has 190 valence electrons. The molecule has 0 amide bonds. The number of phenolic OH excluding ortho intramolecular Hbond substituents is 1. The summed E-state index contributed by atoms with van der Waals surface area (Å²) in [5.41, 5.74) is 4.23. The number of pyridine rings is 1. The van der Waals surface area contributed by atoms with Crippen LogP contribution in [0.2, 0.25) is 0 Å². The molecule has 0 saturated carbocycles. The van der Waals surface area contributed by atoms with Gasteiger partial charge < -0.3 is 19.3 Å². The summed E-state index contributed by atoms with van der Waals surface area (Å²) < 4.78 is 18.7. The number of carbonyl (C=O) groups is 1. The number of hydrogen-bond donors (Lipinski definition) is 1. The first kappa shape index (κ1) is 25.5. The van der Waals surface area contributed by atoms with Gasteiger partial charge in [-0.3, -0.25) is 14.5 Å². The number of aromatic nitrogens is 3. The normalized spacial score (nSPS) is 11.2. The zero-order chi connectivity index (χ0) is 26.4. The summed E-state index contributed by atoms with van der Waals surface area (Å²) in [6.45, 7) is 4.25. The molecular weight excluding hydrogens is 470 g/mol. The Balaban J connectivity index is 1.72. The van der Waals surface area contributed by atoms with Gasteiger partial charge in [0.1, 0.15) is 29.6 Å². The average Bonchev–Trinajstić information content (AvgIpc) is 3.35. The molecular formula is C29H29N3O5. The zero-order valence-electron chi connectivity index (χ0n) is 21.2. The molecule has 0 spiro atoms. The van der Waals surface area contributed by atoms with E-state index in [1.54, 1.807) is 38.7 Å². The number of hydrogen-bond acceptors (Lipinski definition) is 7. The largest absolute Gasteiger partial charge is 0.507 e. The Labute approximate surface area is 215 Å². The van der Waals surface area contributed by atoms with Gasteiger partial charge in [0.2, 0.25) is 0 Å². The number of rotatable bonds is 10. The lowest BCUT2D eigenvalue weighted by Gasteiger charge is -2.16. The van der Waals surface area contributed by atoms with Crippen LogP contribution in [0.15, 0.2) is 60.9 Å². The third kappa shape index (κ3) is 5.48. The van der Waals surface area contributed by atoms with Crippen molar-refractivity contribution in [3.8, 4) is 34.4 Å². The molecule has 2 aromatic heterocycles. The number of carbonyl (C=O) groups excluding carboxylic acids is 1. The van der Waals surface area contributed by atoms with E-state index in [-0.39, 0.29) is 24.0 Å². The van der Waals surface area contributed by atoms with Crippen molar-refractivity contribution in [2.45, 2.75) is 26.5 Å². The number of methoxy groups -OCH3 is 2. The molecule has 0 unspecified atom stereocenters. The first-order chi connectivity index (χ1) is 18.0. The van der Waals surface area contributed by atoms with Gasteiger partial charge in [0.05, 0.1) is 37.4 Å². The highest BCUT2D eigenvalue weighted by atomic mass is 16.5. The van der Waals surface area contributed by atoms with Crippen LogP contribution in [0.3, 0.4) is 0 Å². The number of ether oxygens (including phenoxy) is 3. The molecule has 4 rings (SSSR count). The first-order valence-corrected chi connectivity index (χ1v) is 11.8. The highest BCUT2D eigenvalue weighted by Crippen LogP contribution is 2.32. The van der Waals surface area contributed by atoms with E-state index in [4.69, 9.17) is 14.2 Å². The van der Waals surface area contributed by atoms with Gasteiger partial charge in [0.15, 0.2) is 6.29 Å². The van der Waals surface area contributed by atoms with Gasteiger partial charge in [0, 0.05) is 35.0 Å². The van der Waals surface area contributed by atoms with Crippen molar-refractivity contribution in [3.63, 3.8) is 0 Å². The maximum atomic E-state index is 11.5. The fraction of sp³-hybridized carbons (Fsp3) is 0.207. The summed E-state index contributed by atoms with van der Waals surface area (Å²) in [6, 6.07) is 14.2. The van der Waals surface area contributed by atoms with Gasteiger partial charge in [-0.2, -0.15) is 5.10 Å². The van der Waals surface area contributed by atoms with Crippen LogP contribution in [-0.4, -0.2) is 40.4 Å². The second-order valence-corrected chi connectivity index (χ2v) is 8.53. The van der Waals surface area contributed by atoms with Crippen LogP contribution in [0.1, 0.15) is 46.9 Å². The third-order valence-corrected chi connectivity index (χ3v) is 5.86. The van der Waals surface area contributed by atoms with Crippen LogP contribution in [0.5, 0.6) is 23.0 Å². The second-order valence-electron chi connectivity index (χ2n) is 8.53. The maximum absolute atomic E-state index is 11.5.